The van der Waals surface area contributed by atoms with Gasteiger partial charge in [-0.25, -0.2) is 13.7 Å². The fraction of sp³-hybridized carbons (Fsp3) is 0.125. The number of amides is 2. The lowest BCUT2D eigenvalue weighted by molar-refractivity contribution is 0.256. The van der Waals surface area contributed by atoms with E-state index in [0.29, 0.717) is 11.3 Å². The predicted molar refractivity (Wildman–Crippen MR) is 55.8 cm³/mol. The zero-order valence-electron chi connectivity index (χ0n) is 7.85. The van der Waals surface area contributed by atoms with Crippen molar-refractivity contribution >= 4 is 23.0 Å². The van der Waals surface area contributed by atoms with Crippen molar-refractivity contribution in [3.63, 3.8) is 0 Å². The lowest BCUT2D eigenvalue weighted by Crippen LogP contribution is -2.30. The van der Waals surface area contributed by atoms with Crippen molar-refractivity contribution < 1.29 is 18.7 Å². The highest BCUT2D eigenvalue weighted by Gasteiger charge is 2.06. The quantitative estimate of drug-likeness (QED) is 0.449. The summed E-state index contributed by atoms with van der Waals surface area (Å²) in [5.74, 6) is 0.0872. The van der Waals surface area contributed by atoms with E-state index in [9.17, 15) is 9.00 Å². The number of benzene rings is 1. The first-order valence-corrected chi connectivity index (χ1v) is 5.08. The summed E-state index contributed by atoms with van der Waals surface area (Å²) in [6.07, 6.45) is 0. The van der Waals surface area contributed by atoms with Crippen molar-refractivity contribution in [2.24, 2.45) is 0 Å². The Balaban J connectivity index is 2.72. The molecule has 0 saturated carbocycles. The summed E-state index contributed by atoms with van der Waals surface area (Å²) >= 11 is -2.39. The fourth-order valence-corrected chi connectivity index (χ4v) is 1.22. The number of hydrogen-bond acceptors (Lipinski definition) is 3. The maximum absolute atomic E-state index is 11.0. The van der Waals surface area contributed by atoms with Gasteiger partial charge in [0.15, 0.2) is 0 Å². The maximum Gasteiger partial charge on any atom is 0.332 e. The van der Waals surface area contributed by atoms with Crippen molar-refractivity contribution in [2.75, 3.05) is 5.32 Å². The highest BCUT2D eigenvalue weighted by atomic mass is 32.2. The summed E-state index contributed by atoms with van der Waals surface area (Å²) in [5, 5.41) is 11.5. The Morgan fingerprint density at radius 2 is 2.13 bits per heavy atom. The van der Waals surface area contributed by atoms with Crippen LogP contribution in [0.15, 0.2) is 18.2 Å². The molecule has 1 rings (SSSR count). The molecular formula is C8H10N2O4S. The smallest absolute Gasteiger partial charge is 0.332 e. The summed E-state index contributed by atoms with van der Waals surface area (Å²) in [7, 11) is 0. The van der Waals surface area contributed by atoms with Crippen LogP contribution in [-0.4, -0.2) is 19.9 Å². The molecule has 0 aliphatic rings. The highest BCUT2D eigenvalue weighted by Crippen LogP contribution is 2.19. The number of carbonyl (C=O) groups is 1. The van der Waals surface area contributed by atoms with Crippen LogP contribution in [0, 0.1) is 6.92 Å². The van der Waals surface area contributed by atoms with Gasteiger partial charge in [-0.15, -0.1) is 0 Å². The molecule has 0 saturated heterocycles. The molecule has 82 valence electrons. The van der Waals surface area contributed by atoms with Gasteiger partial charge in [0.1, 0.15) is 5.75 Å². The lowest BCUT2D eigenvalue weighted by atomic mass is 10.2. The minimum atomic E-state index is -2.39. The first kappa shape index (κ1) is 11.5. The lowest BCUT2D eigenvalue weighted by Gasteiger charge is -2.07. The number of urea groups is 1. The van der Waals surface area contributed by atoms with E-state index in [1.165, 1.54) is 18.2 Å². The fourth-order valence-electron chi connectivity index (χ4n) is 1.02. The monoisotopic (exact) mass is 230 g/mol. The molecule has 4 N–H and O–H groups in total. The number of hydrogen-bond donors (Lipinski definition) is 4. The van der Waals surface area contributed by atoms with E-state index in [0.717, 1.165) is 0 Å². The molecule has 0 heterocycles. The minimum absolute atomic E-state index is 0.0872. The number of phenolic OH excluding ortho intramolecular Hbond substituents is 1. The molecule has 7 heteroatoms. The van der Waals surface area contributed by atoms with Gasteiger partial charge in [-0.2, -0.15) is 0 Å². The van der Waals surface area contributed by atoms with Crippen LogP contribution in [0.25, 0.3) is 0 Å². The molecule has 1 aromatic carbocycles. The van der Waals surface area contributed by atoms with E-state index in [1.54, 1.807) is 11.6 Å². The van der Waals surface area contributed by atoms with E-state index in [1.807, 2.05) is 0 Å². The first-order valence-electron chi connectivity index (χ1n) is 3.97. The molecule has 1 atom stereocenters. The summed E-state index contributed by atoms with van der Waals surface area (Å²) in [6.45, 7) is 1.69. The average Bonchev–Trinajstić information content (AvgIpc) is 2.08. The third-order valence-electron chi connectivity index (χ3n) is 1.64. The van der Waals surface area contributed by atoms with Crippen molar-refractivity contribution in [1.29, 1.82) is 0 Å². The third-order valence-corrected chi connectivity index (χ3v) is 2.00. The number of carbonyl (C=O) groups excluding carboxylic acids is 1. The summed E-state index contributed by atoms with van der Waals surface area (Å²) < 4.78 is 20.4. The molecule has 2 amide bonds. The van der Waals surface area contributed by atoms with Crippen LogP contribution in [0.3, 0.4) is 0 Å². The summed E-state index contributed by atoms with van der Waals surface area (Å²) in [5.41, 5.74) is 1.10. The molecular weight excluding hydrogens is 220 g/mol. The molecule has 1 aromatic rings. The molecule has 1 unspecified atom stereocenters. The number of anilines is 1. The van der Waals surface area contributed by atoms with Crippen molar-refractivity contribution in [3.05, 3.63) is 23.8 Å². The van der Waals surface area contributed by atoms with Crippen LogP contribution in [0.1, 0.15) is 5.56 Å². The van der Waals surface area contributed by atoms with Crippen molar-refractivity contribution in [2.45, 2.75) is 6.92 Å². The van der Waals surface area contributed by atoms with Gasteiger partial charge in [0.25, 0.3) is 11.3 Å². The molecule has 0 radical (unpaired) electrons. The van der Waals surface area contributed by atoms with Crippen LogP contribution < -0.4 is 10.0 Å². The van der Waals surface area contributed by atoms with Crippen LogP contribution >= 0.6 is 0 Å². The molecule has 0 aromatic heterocycles. The van der Waals surface area contributed by atoms with Gasteiger partial charge >= 0.3 is 6.03 Å². The van der Waals surface area contributed by atoms with Gasteiger partial charge in [0.05, 0.1) is 0 Å². The largest absolute Gasteiger partial charge is 0.508 e. The van der Waals surface area contributed by atoms with Crippen LogP contribution in [-0.2, 0) is 11.3 Å². The van der Waals surface area contributed by atoms with E-state index in [2.05, 4.69) is 5.32 Å². The van der Waals surface area contributed by atoms with Gasteiger partial charge in [-0.1, -0.05) is 0 Å². The van der Waals surface area contributed by atoms with Crippen LogP contribution in [0.5, 0.6) is 5.75 Å². The summed E-state index contributed by atoms with van der Waals surface area (Å²) in [4.78, 5) is 11.0. The van der Waals surface area contributed by atoms with E-state index in [4.69, 9.17) is 9.66 Å². The van der Waals surface area contributed by atoms with Gasteiger partial charge in [0, 0.05) is 5.69 Å². The standard InChI is InChI=1S/C8H10N2O4S/c1-5-4-6(11)2-3-7(5)9-8(12)10-15(13)14/h2-4,11H,1H3,(H,13,14)(H2,9,10,12). The molecule has 15 heavy (non-hydrogen) atoms. The Morgan fingerprint density at radius 1 is 1.47 bits per heavy atom. The van der Waals surface area contributed by atoms with Crippen molar-refractivity contribution in [1.82, 2.24) is 4.72 Å². The van der Waals surface area contributed by atoms with Gasteiger partial charge in [0.2, 0.25) is 0 Å². The van der Waals surface area contributed by atoms with Crippen LogP contribution in [0.4, 0.5) is 10.5 Å². The Kier molecular flexibility index (Phi) is 3.64. The van der Waals surface area contributed by atoms with Gasteiger partial charge in [-0.05, 0) is 30.7 Å². The number of phenols is 1. The molecule has 6 nitrogen and oxygen atoms in total. The Hall–Kier alpha value is -1.60. The van der Waals surface area contributed by atoms with Gasteiger partial charge in [-0.3, -0.25) is 4.55 Å². The summed E-state index contributed by atoms with van der Waals surface area (Å²) in [6, 6.07) is 3.57. The van der Waals surface area contributed by atoms with E-state index >= 15 is 0 Å². The first-order chi connectivity index (χ1) is 6.99. The van der Waals surface area contributed by atoms with Crippen LogP contribution in [0.2, 0.25) is 0 Å². The SMILES string of the molecule is Cc1cc(O)ccc1NC(=O)NS(=O)O. The Morgan fingerprint density at radius 3 is 2.67 bits per heavy atom. The Bertz CT molecular complexity index is 408. The van der Waals surface area contributed by atoms with E-state index < -0.39 is 17.3 Å². The minimum Gasteiger partial charge on any atom is -0.508 e. The normalized spacial score (nSPS) is 11.9. The zero-order chi connectivity index (χ0) is 11.4. The zero-order valence-corrected chi connectivity index (χ0v) is 8.67. The molecule has 0 spiro atoms. The molecule has 0 bridgehead atoms. The predicted octanol–water partition coefficient (Wildman–Crippen LogP) is 0.959. The Labute approximate surface area is 88.7 Å². The number of rotatable bonds is 2. The number of aromatic hydroxyl groups is 1. The maximum atomic E-state index is 11.0. The second-order valence-corrected chi connectivity index (χ2v) is 3.51. The molecule has 0 fully saturated rings. The van der Waals surface area contributed by atoms with E-state index in [-0.39, 0.29) is 5.75 Å². The number of nitrogens with one attached hydrogen (secondary N) is 2. The second-order valence-electron chi connectivity index (χ2n) is 2.80. The number of aryl methyl sites for hydroxylation is 1. The molecule has 0 aliphatic heterocycles. The second kappa shape index (κ2) is 4.76. The van der Waals surface area contributed by atoms with Crippen molar-refractivity contribution in [3.8, 4) is 5.75 Å². The topological polar surface area (TPSA) is 98.7 Å². The average molecular weight is 230 g/mol. The molecule has 0 aliphatic carbocycles. The highest BCUT2D eigenvalue weighted by molar-refractivity contribution is 7.77. The van der Waals surface area contributed by atoms with Gasteiger partial charge < -0.3 is 10.4 Å². The third kappa shape index (κ3) is 3.56.